The van der Waals surface area contributed by atoms with Crippen LogP contribution in [0.2, 0.25) is 0 Å². The van der Waals surface area contributed by atoms with Crippen molar-refractivity contribution in [2.45, 2.75) is 51.7 Å². The monoisotopic (exact) mass is 292 g/mol. The number of hydrogen-bond donors (Lipinski definition) is 3. The van der Waals surface area contributed by atoms with Gasteiger partial charge in [0.15, 0.2) is 0 Å². The van der Waals surface area contributed by atoms with Crippen molar-refractivity contribution in [2.24, 2.45) is 0 Å². The van der Waals surface area contributed by atoms with Crippen LogP contribution in [0, 0.1) is 0 Å². The molecule has 1 saturated heterocycles. The van der Waals surface area contributed by atoms with E-state index in [1.807, 2.05) is 6.07 Å². The Kier molecular flexibility index (Phi) is 4.73. The molecule has 1 aromatic rings. The third-order valence-corrected chi connectivity index (χ3v) is 3.39. The molecule has 1 aromatic carbocycles. The van der Waals surface area contributed by atoms with Gasteiger partial charge in [-0.05, 0) is 51.8 Å². The first-order valence-corrected chi connectivity index (χ1v) is 7.42. The molecule has 3 N–H and O–H groups in total. The molecule has 0 aliphatic carbocycles. The van der Waals surface area contributed by atoms with Crippen LogP contribution in [0.5, 0.6) is 5.75 Å². The van der Waals surface area contributed by atoms with Gasteiger partial charge in [0, 0.05) is 6.04 Å². The number of phenolic OH excluding ortho intramolecular Hbond substituents is 1. The molecule has 0 aromatic heterocycles. The molecule has 1 atom stereocenters. The van der Waals surface area contributed by atoms with Gasteiger partial charge >= 0.3 is 6.09 Å². The largest absolute Gasteiger partial charge is 0.506 e. The molecular formula is C16H24N2O3. The van der Waals surface area contributed by atoms with Gasteiger partial charge in [0.25, 0.3) is 0 Å². The first-order valence-electron chi connectivity index (χ1n) is 7.42. The molecule has 1 heterocycles. The summed E-state index contributed by atoms with van der Waals surface area (Å²) in [6.45, 7) is 6.37. The van der Waals surface area contributed by atoms with Crippen molar-refractivity contribution in [2.75, 3.05) is 11.9 Å². The van der Waals surface area contributed by atoms with E-state index in [4.69, 9.17) is 4.74 Å². The van der Waals surface area contributed by atoms with Gasteiger partial charge < -0.3 is 15.2 Å². The highest BCUT2D eigenvalue weighted by Gasteiger charge is 2.23. The van der Waals surface area contributed by atoms with Gasteiger partial charge in [-0.1, -0.05) is 18.6 Å². The summed E-state index contributed by atoms with van der Waals surface area (Å²) in [5.41, 5.74) is 0.768. The highest BCUT2D eigenvalue weighted by Crippen LogP contribution is 2.35. The predicted octanol–water partition coefficient (Wildman–Crippen LogP) is 3.55. The molecule has 0 radical (unpaired) electrons. The second-order valence-corrected chi connectivity index (χ2v) is 6.37. The number of piperidine rings is 1. The summed E-state index contributed by atoms with van der Waals surface area (Å²) in [4.78, 5) is 12.0. The van der Waals surface area contributed by atoms with Crippen molar-refractivity contribution < 1.29 is 14.6 Å². The van der Waals surface area contributed by atoms with Crippen LogP contribution in [0.1, 0.15) is 51.6 Å². The number of benzene rings is 1. The number of carbonyl (C=O) groups excluding carboxylic acids is 1. The summed E-state index contributed by atoms with van der Waals surface area (Å²) in [6.07, 6.45) is 2.73. The molecule has 1 aliphatic heterocycles. The van der Waals surface area contributed by atoms with Crippen LogP contribution in [0.25, 0.3) is 0 Å². The van der Waals surface area contributed by atoms with Gasteiger partial charge in [-0.25, -0.2) is 4.79 Å². The highest BCUT2D eigenvalue weighted by atomic mass is 16.6. The van der Waals surface area contributed by atoms with E-state index in [1.54, 1.807) is 32.9 Å². The summed E-state index contributed by atoms with van der Waals surface area (Å²) < 4.78 is 5.26. The Hall–Kier alpha value is -1.75. The number of carbonyl (C=O) groups is 1. The van der Waals surface area contributed by atoms with Gasteiger partial charge in [-0.3, -0.25) is 5.32 Å². The lowest BCUT2D eigenvalue weighted by Crippen LogP contribution is -2.30. The Balaban J connectivity index is 2.19. The molecule has 2 rings (SSSR count). The number of amides is 1. The zero-order valence-electron chi connectivity index (χ0n) is 12.9. The zero-order valence-corrected chi connectivity index (χ0v) is 12.9. The van der Waals surface area contributed by atoms with Gasteiger partial charge in [-0.2, -0.15) is 0 Å². The molecule has 0 bridgehead atoms. The number of rotatable bonds is 2. The van der Waals surface area contributed by atoms with Crippen LogP contribution in [0.3, 0.4) is 0 Å². The fourth-order valence-electron chi connectivity index (χ4n) is 2.51. The van der Waals surface area contributed by atoms with Gasteiger partial charge in [0.1, 0.15) is 11.4 Å². The number of para-hydroxylation sites is 1. The van der Waals surface area contributed by atoms with Crippen LogP contribution >= 0.6 is 0 Å². The Morgan fingerprint density at radius 1 is 1.38 bits per heavy atom. The topological polar surface area (TPSA) is 70.6 Å². The van der Waals surface area contributed by atoms with Crippen LogP contribution in [0.15, 0.2) is 18.2 Å². The average molecular weight is 292 g/mol. The molecular weight excluding hydrogens is 268 g/mol. The number of phenols is 1. The molecule has 21 heavy (non-hydrogen) atoms. The van der Waals surface area contributed by atoms with E-state index in [9.17, 15) is 9.90 Å². The molecule has 5 heteroatoms. The van der Waals surface area contributed by atoms with Crippen LogP contribution in [0.4, 0.5) is 10.5 Å². The van der Waals surface area contributed by atoms with Crippen LogP contribution in [-0.2, 0) is 4.74 Å². The predicted molar refractivity (Wildman–Crippen MR) is 82.6 cm³/mol. The lowest BCUT2D eigenvalue weighted by Gasteiger charge is -2.27. The van der Waals surface area contributed by atoms with Crippen molar-refractivity contribution in [3.8, 4) is 5.75 Å². The smallest absolute Gasteiger partial charge is 0.412 e. The van der Waals surface area contributed by atoms with E-state index in [2.05, 4.69) is 10.6 Å². The molecule has 0 spiro atoms. The van der Waals surface area contributed by atoms with Crippen LogP contribution < -0.4 is 10.6 Å². The molecule has 1 fully saturated rings. The maximum atomic E-state index is 12.0. The Bertz CT molecular complexity index is 503. The Morgan fingerprint density at radius 2 is 2.14 bits per heavy atom. The van der Waals surface area contributed by atoms with E-state index in [0.29, 0.717) is 5.69 Å². The van der Waals surface area contributed by atoms with E-state index in [0.717, 1.165) is 31.4 Å². The molecule has 1 amide bonds. The third kappa shape index (κ3) is 4.36. The molecule has 1 aliphatic rings. The maximum absolute atomic E-state index is 12.0. The van der Waals surface area contributed by atoms with Gasteiger partial charge in [-0.15, -0.1) is 0 Å². The Labute approximate surface area is 125 Å². The standard InChI is InChI=1S/C16H24N2O3/c1-16(2,3)21-15(20)18-14-11(7-6-9-13(14)19)12-8-4-5-10-17-12/h6-7,9,12,17,19H,4-5,8,10H2,1-3H3,(H,18,20). The fraction of sp³-hybridized carbons (Fsp3) is 0.562. The number of anilines is 1. The SMILES string of the molecule is CC(C)(C)OC(=O)Nc1c(O)cccc1C1CCCCN1. The summed E-state index contributed by atoms with van der Waals surface area (Å²) in [5, 5.41) is 16.2. The third-order valence-electron chi connectivity index (χ3n) is 3.39. The zero-order chi connectivity index (χ0) is 15.5. The maximum Gasteiger partial charge on any atom is 0.412 e. The summed E-state index contributed by atoms with van der Waals surface area (Å²) >= 11 is 0. The van der Waals surface area contributed by atoms with Crippen molar-refractivity contribution >= 4 is 11.8 Å². The first-order chi connectivity index (χ1) is 9.87. The minimum atomic E-state index is -0.572. The van der Waals surface area contributed by atoms with E-state index < -0.39 is 11.7 Å². The van der Waals surface area contributed by atoms with E-state index in [-0.39, 0.29) is 11.8 Å². The summed E-state index contributed by atoms with van der Waals surface area (Å²) in [6, 6.07) is 5.44. The normalized spacial score (nSPS) is 19.1. The lowest BCUT2D eigenvalue weighted by atomic mass is 9.96. The second-order valence-electron chi connectivity index (χ2n) is 6.37. The molecule has 5 nitrogen and oxygen atoms in total. The van der Waals surface area contributed by atoms with Crippen LogP contribution in [-0.4, -0.2) is 23.3 Å². The first kappa shape index (κ1) is 15.6. The number of aromatic hydroxyl groups is 1. The van der Waals surface area contributed by atoms with E-state index in [1.165, 1.54) is 0 Å². The van der Waals surface area contributed by atoms with Crippen molar-refractivity contribution in [3.63, 3.8) is 0 Å². The van der Waals surface area contributed by atoms with Gasteiger partial charge in [0.2, 0.25) is 0 Å². The number of hydrogen-bond acceptors (Lipinski definition) is 4. The summed E-state index contributed by atoms with van der Waals surface area (Å²) in [5.74, 6) is 0.0609. The highest BCUT2D eigenvalue weighted by molar-refractivity contribution is 5.88. The molecule has 116 valence electrons. The minimum absolute atomic E-state index is 0.0609. The fourth-order valence-corrected chi connectivity index (χ4v) is 2.51. The van der Waals surface area contributed by atoms with Crippen molar-refractivity contribution in [1.29, 1.82) is 0 Å². The second kappa shape index (κ2) is 6.35. The van der Waals surface area contributed by atoms with E-state index >= 15 is 0 Å². The minimum Gasteiger partial charge on any atom is -0.506 e. The molecule has 0 saturated carbocycles. The average Bonchev–Trinajstić information content (AvgIpc) is 2.40. The summed E-state index contributed by atoms with van der Waals surface area (Å²) in [7, 11) is 0. The quantitative estimate of drug-likeness (QED) is 0.729. The lowest BCUT2D eigenvalue weighted by molar-refractivity contribution is 0.0635. The van der Waals surface area contributed by atoms with Crippen molar-refractivity contribution in [3.05, 3.63) is 23.8 Å². The Morgan fingerprint density at radius 3 is 2.76 bits per heavy atom. The number of ether oxygens (including phenoxy) is 1. The molecule has 1 unspecified atom stereocenters. The number of nitrogens with one attached hydrogen (secondary N) is 2. The van der Waals surface area contributed by atoms with Crippen molar-refractivity contribution in [1.82, 2.24) is 5.32 Å². The van der Waals surface area contributed by atoms with Gasteiger partial charge in [0.05, 0.1) is 5.69 Å².